The van der Waals surface area contributed by atoms with Gasteiger partial charge in [-0.3, -0.25) is 14.6 Å². The minimum absolute atomic E-state index is 0.0230. The number of carbonyl (C=O) groups excluding carboxylic acids is 2. The Morgan fingerprint density at radius 3 is 2.85 bits per heavy atom. The first-order valence-electron chi connectivity index (χ1n) is 9.19. The maximum atomic E-state index is 12.6. The highest BCUT2D eigenvalue weighted by molar-refractivity contribution is 7.14. The summed E-state index contributed by atoms with van der Waals surface area (Å²) >= 11 is 1.60. The van der Waals surface area contributed by atoms with E-state index in [1.54, 1.807) is 23.7 Å². The fourth-order valence-electron chi connectivity index (χ4n) is 3.36. The predicted molar refractivity (Wildman–Crippen MR) is 103 cm³/mol. The molecule has 0 aliphatic heterocycles. The first-order chi connectivity index (χ1) is 12.6. The molecule has 1 aliphatic rings. The number of aryl methyl sites for hydroxylation is 1. The summed E-state index contributed by atoms with van der Waals surface area (Å²) in [5.74, 6) is 0.166. The van der Waals surface area contributed by atoms with Crippen molar-refractivity contribution >= 4 is 23.2 Å². The zero-order valence-corrected chi connectivity index (χ0v) is 16.1. The maximum Gasteiger partial charge on any atom is 0.263 e. The molecule has 0 saturated heterocycles. The molecule has 2 amide bonds. The lowest BCUT2D eigenvalue weighted by molar-refractivity contribution is -0.125. The smallest absolute Gasteiger partial charge is 0.263 e. The van der Waals surface area contributed by atoms with E-state index in [2.05, 4.69) is 10.3 Å². The summed E-state index contributed by atoms with van der Waals surface area (Å²) in [6, 6.07) is 5.83. The topological polar surface area (TPSA) is 62.3 Å². The number of carbonyl (C=O) groups is 2. The quantitative estimate of drug-likeness (QED) is 0.849. The zero-order valence-electron chi connectivity index (χ0n) is 15.3. The number of aromatic nitrogens is 1. The van der Waals surface area contributed by atoms with Gasteiger partial charge in [-0.1, -0.05) is 6.07 Å². The Labute approximate surface area is 158 Å². The van der Waals surface area contributed by atoms with Crippen LogP contribution in [0.3, 0.4) is 0 Å². The van der Waals surface area contributed by atoms with Crippen molar-refractivity contribution in [1.29, 1.82) is 0 Å². The molecule has 2 aromatic heterocycles. The lowest BCUT2D eigenvalue weighted by atomic mass is 9.87. The standard InChI is InChI=1S/C20H25N3O2S/c1-3-23(4-2)20(25)18-11-16-10-15(7-8-17(16)26-18)19(24)22-13-14-6-5-9-21-12-14/h5-6,9,11-12,15H,3-4,7-8,10,13H2,1-2H3,(H,22,24)/t15-/m1/s1. The van der Waals surface area contributed by atoms with Gasteiger partial charge in [0.25, 0.3) is 5.91 Å². The second kappa shape index (κ2) is 8.45. The monoisotopic (exact) mass is 371 g/mol. The van der Waals surface area contributed by atoms with E-state index in [-0.39, 0.29) is 17.7 Å². The second-order valence-electron chi connectivity index (χ2n) is 6.56. The van der Waals surface area contributed by atoms with Gasteiger partial charge in [0.1, 0.15) is 0 Å². The van der Waals surface area contributed by atoms with Gasteiger partial charge in [0.2, 0.25) is 5.91 Å². The molecule has 26 heavy (non-hydrogen) atoms. The molecule has 1 N–H and O–H groups in total. The molecule has 0 bridgehead atoms. The van der Waals surface area contributed by atoms with Gasteiger partial charge >= 0.3 is 0 Å². The van der Waals surface area contributed by atoms with Crippen LogP contribution < -0.4 is 5.32 Å². The molecular weight excluding hydrogens is 346 g/mol. The fourth-order valence-corrected chi connectivity index (χ4v) is 4.53. The Morgan fingerprint density at radius 1 is 1.35 bits per heavy atom. The summed E-state index contributed by atoms with van der Waals surface area (Å²) in [6.45, 7) is 5.94. The molecular formula is C20H25N3O2S. The number of amides is 2. The Balaban J connectivity index is 1.62. The summed E-state index contributed by atoms with van der Waals surface area (Å²) < 4.78 is 0. The Bertz CT molecular complexity index is 769. The van der Waals surface area contributed by atoms with E-state index in [4.69, 9.17) is 0 Å². The molecule has 2 aromatic rings. The van der Waals surface area contributed by atoms with Crippen LogP contribution in [0, 0.1) is 5.92 Å². The van der Waals surface area contributed by atoms with E-state index < -0.39 is 0 Å². The largest absolute Gasteiger partial charge is 0.352 e. The van der Waals surface area contributed by atoms with Crippen molar-refractivity contribution in [2.45, 2.75) is 39.7 Å². The molecule has 0 saturated carbocycles. The molecule has 138 valence electrons. The second-order valence-corrected chi connectivity index (χ2v) is 7.69. The number of pyridine rings is 1. The molecule has 0 fully saturated rings. The molecule has 0 radical (unpaired) electrons. The molecule has 1 aliphatic carbocycles. The highest BCUT2D eigenvalue weighted by Gasteiger charge is 2.28. The number of hydrogen-bond acceptors (Lipinski definition) is 4. The third kappa shape index (κ3) is 4.12. The van der Waals surface area contributed by atoms with E-state index in [1.807, 2.05) is 36.9 Å². The van der Waals surface area contributed by atoms with Crippen molar-refractivity contribution in [3.63, 3.8) is 0 Å². The molecule has 3 rings (SSSR count). The van der Waals surface area contributed by atoms with Crippen LogP contribution in [-0.4, -0.2) is 34.8 Å². The minimum atomic E-state index is -0.0230. The van der Waals surface area contributed by atoms with Crippen LogP contribution >= 0.6 is 11.3 Å². The SMILES string of the molecule is CCN(CC)C(=O)c1cc2c(s1)CC[C@@H](C(=O)NCc1cccnc1)C2. The van der Waals surface area contributed by atoms with E-state index >= 15 is 0 Å². The fraction of sp³-hybridized carbons (Fsp3) is 0.450. The number of nitrogens with one attached hydrogen (secondary N) is 1. The van der Waals surface area contributed by atoms with Crippen LogP contribution in [0.4, 0.5) is 0 Å². The van der Waals surface area contributed by atoms with E-state index in [0.29, 0.717) is 6.54 Å². The van der Waals surface area contributed by atoms with Gasteiger partial charge in [0.15, 0.2) is 0 Å². The average molecular weight is 372 g/mol. The van der Waals surface area contributed by atoms with Crippen molar-refractivity contribution in [3.8, 4) is 0 Å². The van der Waals surface area contributed by atoms with Crippen LogP contribution in [0.15, 0.2) is 30.6 Å². The van der Waals surface area contributed by atoms with Gasteiger partial charge in [-0.15, -0.1) is 11.3 Å². The molecule has 6 heteroatoms. The Hall–Kier alpha value is -2.21. The lowest BCUT2D eigenvalue weighted by Crippen LogP contribution is -2.33. The van der Waals surface area contributed by atoms with Gasteiger partial charge < -0.3 is 10.2 Å². The highest BCUT2D eigenvalue weighted by Crippen LogP contribution is 2.33. The third-order valence-electron chi connectivity index (χ3n) is 4.90. The van der Waals surface area contributed by atoms with Crippen molar-refractivity contribution in [2.75, 3.05) is 13.1 Å². The van der Waals surface area contributed by atoms with Crippen molar-refractivity contribution in [1.82, 2.24) is 15.2 Å². The molecule has 0 unspecified atom stereocenters. The number of rotatable bonds is 6. The van der Waals surface area contributed by atoms with Gasteiger partial charge in [-0.2, -0.15) is 0 Å². The normalized spacial score (nSPS) is 16.0. The number of hydrogen-bond donors (Lipinski definition) is 1. The average Bonchev–Trinajstić information content (AvgIpc) is 3.11. The lowest BCUT2D eigenvalue weighted by Gasteiger charge is -2.21. The third-order valence-corrected chi connectivity index (χ3v) is 6.13. The molecule has 0 spiro atoms. The summed E-state index contributed by atoms with van der Waals surface area (Å²) in [5.41, 5.74) is 2.17. The van der Waals surface area contributed by atoms with Gasteiger partial charge in [-0.25, -0.2) is 0 Å². The van der Waals surface area contributed by atoms with Crippen LogP contribution in [-0.2, 0) is 24.2 Å². The Kier molecular flexibility index (Phi) is 6.04. The van der Waals surface area contributed by atoms with Gasteiger partial charge in [0, 0.05) is 42.8 Å². The van der Waals surface area contributed by atoms with Crippen LogP contribution in [0.1, 0.15) is 45.9 Å². The molecule has 1 atom stereocenters. The molecule has 2 heterocycles. The van der Waals surface area contributed by atoms with Crippen molar-refractivity contribution in [3.05, 3.63) is 51.5 Å². The minimum Gasteiger partial charge on any atom is -0.352 e. The maximum absolute atomic E-state index is 12.6. The van der Waals surface area contributed by atoms with E-state index in [0.717, 1.165) is 42.8 Å². The van der Waals surface area contributed by atoms with Gasteiger partial charge in [-0.05, 0) is 56.4 Å². The van der Waals surface area contributed by atoms with Crippen LogP contribution in [0.5, 0.6) is 0 Å². The van der Waals surface area contributed by atoms with Crippen molar-refractivity contribution in [2.24, 2.45) is 5.92 Å². The summed E-state index contributed by atoms with van der Waals surface area (Å²) in [4.78, 5) is 33.0. The summed E-state index contributed by atoms with van der Waals surface area (Å²) in [7, 11) is 0. The number of fused-ring (bicyclic) bond motifs is 1. The first-order valence-corrected chi connectivity index (χ1v) is 10.0. The van der Waals surface area contributed by atoms with E-state index in [9.17, 15) is 9.59 Å². The summed E-state index contributed by atoms with van der Waals surface area (Å²) in [5, 5.41) is 3.01. The number of thiophene rings is 1. The first kappa shape index (κ1) is 18.6. The van der Waals surface area contributed by atoms with E-state index in [1.165, 1.54) is 10.4 Å². The molecule has 5 nitrogen and oxygen atoms in total. The Morgan fingerprint density at radius 2 is 2.15 bits per heavy atom. The zero-order chi connectivity index (χ0) is 18.5. The highest BCUT2D eigenvalue weighted by atomic mass is 32.1. The molecule has 0 aromatic carbocycles. The van der Waals surface area contributed by atoms with Crippen LogP contribution in [0.25, 0.3) is 0 Å². The van der Waals surface area contributed by atoms with Gasteiger partial charge in [0.05, 0.1) is 4.88 Å². The predicted octanol–water partition coefficient (Wildman–Crippen LogP) is 3.05. The number of nitrogens with zero attached hydrogens (tertiary/aromatic N) is 2. The van der Waals surface area contributed by atoms with Crippen molar-refractivity contribution < 1.29 is 9.59 Å². The summed E-state index contributed by atoms with van der Waals surface area (Å²) in [6.07, 6.45) is 5.92. The van der Waals surface area contributed by atoms with Crippen LogP contribution in [0.2, 0.25) is 0 Å².